The van der Waals surface area contributed by atoms with Gasteiger partial charge in [0, 0.05) is 6.54 Å². The number of nitrogens with zero attached hydrogens (tertiary/aromatic N) is 1. The van der Waals surface area contributed by atoms with Crippen LogP contribution < -0.4 is 0 Å². The number of hydrogen-bond donors (Lipinski definition) is 1. The summed E-state index contributed by atoms with van der Waals surface area (Å²) in [5.74, 6) is -1.12. The molecule has 0 aromatic heterocycles. The molecule has 1 aliphatic heterocycles. The first-order valence-electron chi connectivity index (χ1n) is 5.20. The van der Waals surface area contributed by atoms with Crippen LogP contribution in [0, 0.1) is 0 Å². The van der Waals surface area contributed by atoms with E-state index in [1.165, 1.54) is 11.0 Å². The molecule has 0 saturated carbocycles. The fourth-order valence-electron chi connectivity index (χ4n) is 1.93. The number of aliphatic carboxylic acids is 1. The van der Waals surface area contributed by atoms with Crippen LogP contribution in [0.4, 0.5) is 0 Å². The predicted octanol–water partition coefficient (Wildman–Crippen LogP) is 1.42. The lowest BCUT2D eigenvalue weighted by Gasteiger charge is -2.41. The summed E-state index contributed by atoms with van der Waals surface area (Å²) in [5.41, 5.74) is -1.03. The van der Waals surface area contributed by atoms with Crippen LogP contribution in [-0.4, -0.2) is 34.0 Å². The molecule has 15 heavy (non-hydrogen) atoms. The van der Waals surface area contributed by atoms with E-state index in [0.29, 0.717) is 13.0 Å². The molecule has 1 fully saturated rings. The Bertz CT molecular complexity index is 298. The lowest BCUT2D eigenvalue weighted by atomic mass is 9.88. The summed E-state index contributed by atoms with van der Waals surface area (Å²) in [5, 5.41) is 9.17. The fraction of sp³-hybridized carbons (Fsp3) is 0.636. The predicted molar refractivity (Wildman–Crippen MR) is 56.4 cm³/mol. The average Bonchev–Trinajstić information content (AvgIpc) is 2.18. The van der Waals surface area contributed by atoms with Crippen molar-refractivity contribution in [3.63, 3.8) is 0 Å². The second-order valence-corrected chi connectivity index (χ2v) is 4.03. The van der Waals surface area contributed by atoms with Crippen molar-refractivity contribution in [1.82, 2.24) is 4.90 Å². The highest BCUT2D eigenvalue weighted by Gasteiger charge is 2.43. The van der Waals surface area contributed by atoms with Gasteiger partial charge in [0.05, 0.1) is 0 Å². The molecule has 1 saturated heterocycles. The largest absolute Gasteiger partial charge is 0.480 e. The van der Waals surface area contributed by atoms with Gasteiger partial charge in [-0.1, -0.05) is 6.08 Å². The highest BCUT2D eigenvalue weighted by molar-refractivity contribution is 5.93. The Morgan fingerprint density at radius 3 is 2.60 bits per heavy atom. The summed E-state index contributed by atoms with van der Waals surface area (Å²) in [6.07, 6.45) is 5.34. The van der Waals surface area contributed by atoms with E-state index in [-0.39, 0.29) is 5.91 Å². The molecular formula is C11H17NO3. The zero-order chi connectivity index (χ0) is 11.5. The van der Waals surface area contributed by atoms with Gasteiger partial charge in [0.15, 0.2) is 0 Å². The minimum Gasteiger partial charge on any atom is -0.480 e. The summed E-state index contributed by atoms with van der Waals surface area (Å²) >= 11 is 0. The second-order valence-electron chi connectivity index (χ2n) is 4.03. The summed E-state index contributed by atoms with van der Waals surface area (Å²) < 4.78 is 0. The number of hydrogen-bond acceptors (Lipinski definition) is 2. The van der Waals surface area contributed by atoms with Crippen LogP contribution in [0.25, 0.3) is 0 Å². The number of carbonyl (C=O) groups is 2. The Balaban J connectivity index is 2.92. The van der Waals surface area contributed by atoms with E-state index in [1.807, 2.05) is 0 Å². The maximum absolute atomic E-state index is 11.7. The maximum atomic E-state index is 11.7. The molecule has 0 spiro atoms. The Labute approximate surface area is 89.6 Å². The first kappa shape index (κ1) is 11.8. The minimum atomic E-state index is -1.03. The lowest BCUT2D eigenvalue weighted by molar-refractivity contribution is -0.158. The second kappa shape index (κ2) is 4.47. The lowest BCUT2D eigenvalue weighted by Crippen LogP contribution is -2.57. The van der Waals surface area contributed by atoms with E-state index in [0.717, 1.165) is 12.8 Å². The van der Waals surface area contributed by atoms with Gasteiger partial charge in [-0.3, -0.25) is 4.79 Å². The van der Waals surface area contributed by atoms with Crippen LogP contribution in [0.5, 0.6) is 0 Å². The van der Waals surface area contributed by atoms with Gasteiger partial charge in [0.2, 0.25) is 5.91 Å². The Hall–Kier alpha value is -1.32. The first-order chi connectivity index (χ1) is 7.02. The monoisotopic (exact) mass is 211 g/mol. The fourth-order valence-corrected chi connectivity index (χ4v) is 1.93. The van der Waals surface area contributed by atoms with Crippen molar-refractivity contribution in [3.8, 4) is 0 Å². The maximum Gasteiger partial charge on any atom is 0.329 e. The molecule has 4 nitrogen and oxygen atoms in total. The minimum absolute atomic E-state index is 0.206. The number of allylic oxidation sites excluding steroid dienone is 1. The van der Waals surface area contributed by atoms with Gasteiger partial charge in [-0.2, -0.15) is 0 Å². The molecule has 1 amide bonds. The number of rotatable bonds is 2. The summed E-state index contributed by atoms with van der Waals surface area (Å²) in [6, 6.07) is 0. The molecule has 0 bridgehead atoms. The smallest absolute Gasteiger partial charge is 0.329 e. The van der Waals surface area contributed by atoms with Gasteiger partial charge in [-0.25, -0.2) is 4.79 Å². The highest BCUT2D eigenvalue weighted by Crippen LogP contribution is 2.28. The molecule has 84 valence electrons. The summed E-state index contributed by atoms with van der Waals surface area (Å²) in [7, 11) is 0. The van der Waals surface area contributed by atoms with Gasteiger partial charge in [-0.15, -0.1) is 0 Å². The Morgan fingerprint density at radius 2 is 2.07 bits per heavy atom. The molecule has 1 unspecified atom stereocenters. The summed E-state index contributed by atoms with van der Waals surface area (Å²) in [6.45, 7) is 3.90. The highest BCUT2D eigenvalue weighted by atomic mass is 16.4. The average molecular weight is 211 g/mol. The Morgan fingerprint density at radius 1 is 1.40 bits per heavy atom. The number of piperidine rings is 1. The number of amides is 1. The number of carboxylic acid groups (broad SMARTS) is 1. The van der Waals surface area contributed by atoms with Crippen LogP contribution >= 0.6 is 0 Å². The molecule has 0 aromatic carbocycles. The molecule has 1 aliphatic rings. The van der Waals surface area contributed by atoms with Crippen molar-refractivity contribution in [2.24, 2.45) is 0 Å². The quantitative estimate of drug-likeness (QED) is 0.703. The molecule has 0 radical (unpaired) electrons. The van der Waals surface area contributed by atoms with Gasteiger partial charge in [0.1, 0.15) is 5.54 Å². The number of carboxylic acids is 1. The standard InChI is InChI=1S/C11H17NO3/c1-3-6-9(13)12-8-5-4-7-11(12,2)10(14)15/h3,6H,4-5,7-8H2,1-2H3,(H,14,15)/b6-3+. The van der Waals surface area contributed by atoms with Crippen LogP contribution in [0.3, 0.4) is 0 Å². The first-order valence-corrected chi connectivity index (χ1v) is 5.20. The van der Waals surface area contributed by atoms with Crippen molar-refractivity contribution < 1.29 is 14.7 Å². The van der Waals surface area contributed by atoms with Crippen molar-refractivity contribution >= 4 is 11.9 Å². The van der Waals surface area contributed by atoms with Crippen LogP contribution in [-0.2, 0) is 9.59 Å². The number of likely N-dealkylation sites (tertiary alicyclic amines) is 1. The Kier molecular flexibility index (Phi) is 3.50. The van der Waals surface area contributed by atoms with E-state index in [4.69, 9.17) is 5.11 Å². The molecule has 0 aromatic rings. The van der Waals surface area contributed by atoms with Gasteiger partial charge in [-0.05, 0) is 39.2 Å². The van der Waals surface area contributed by atoms with Crippen molar-refractivity contribution in [2.75, 3.05) is 6.54 Å². The zero-order valence-corrected chi connectivity index (χ0v) is 9.19. The topological polar surface area (TPSA) is 57.6 Å². The third kappa shape index (κ3) is 2.19. The van der Waals surface area contributed by atoms with Gasteiger partial charge in [0.25, 0.3) is 0 Å². The van der Waals surface area contributed by atoms with E-state index in [9.17, 15) is 9.59 Å². The van der Waals surface area contributed by atoms with Gasteiger partial charge >= 0.3 is 5.97 Å². The number of carbonyl (C=O) groups excluding carboxylic acids is 1. The molecule has 1 heterocycles. The van der Waals surface area contributed by atoms with Crippen LogP contribution in [0.15, 0.2) is 12.2 Å². The molecule has 1 atom stereocenters. The SMILES string of the molecule is C/C=C/C(=O)N1CCCCC1(C)C(=O)O. The molecule has 1 N–H and O–H groups in total. The normalized spacial score (nSPS) is 26.9. The van der Waals surface area contributed by atoms with E-state index in [2.05, 4.69) is 0 Å². The van der Waals surface area contributed by atoms with Crippen LogP contribution in [0.1, 0.15) is 33.1 Å². The molecule has 1 rings (SSSR count). The van der Waals surface area contributed by atoms with E-state index < -0.39 is 11.5 Å². The zero-order valence-electron chi connectivity index (χ0n) is 9.19. The van der Waals surface area contributed by atoms with Crippen LogP contribution in [0.2, 0.25) is 0 Å². The summed E-state index contributed by atoms with van der Waals surface area (Å²) in [4.78, 5) is 24.3. The van der Waals surface area contributed by atoms with Gasteiger partial charge < -0.3 is 10.0 Å². The molecule has 4 heteroatoms. The van der Waals surface area contributed by atoms with Crippen molar-refractivity contribution in [3.05, 3.63) is 12.2 Å². The molecule has 0 aliphatic carbocycles. The van der Waals surface area contributed by atoms with Crippen molar-refractivity contribution in [1.29, 1.82) is 0 Å². The molecular weight excluding hydrogens is 194 g/mol. The van der Waals surface area contributed by atoms with E-state index >= 15 is 0 Å². The van der Waals surface area contributed by atoms with E-state index in [1.54, 1.807) is 19.9 Å². The third-order valence-electron chi connectivity index (χ3n) is 2.93. The van der Waals surface area contributed by atoms with Crippen molar-refractivity contribution in [2.45, 2.75) is 38.6 Å². The third-order valence-corrected chi connectivity index (χ3v) is 2.93.